The molecule has 5 nitrogen and oxygen atoms in total. The lowest BCUT2D eigenvalue weighted by molar-refractivity contribution is 0.0599. The maximum Gasteiger partial charge on any atom is 0.0897 e. The van der Waals surface area contributed by atoms with Crippen molar-refractivity contribution < 1.29 is 10.2 Å². The van der Waals surface area contributed by atoms with Crippen LogP contribution in [-0.2, 0) is 12.6 Å². The van der Waals surface area contributed by atoms with E-state index in [1.807, 2.05) is 17.0 Å². The van der Waals surface area contributed by atoms with Crippen molar-refractivity contribution in [3.63, 3.8) is 0 Å². The Balaban J connectivity index is 2.32. The van der Waals surface area contributed by atoms with E-state index in [9.17, 15) is 0 Å². The van der Waals surface area contributed by atoms with Crippen molar-refractivity contribution in [2.45, 2.75) is 11.6 Å². The summed E-state index contributed by atoms with van der Waals surface area (Å²) >= 11 is 5.05. The number of hydrazine groups is 1. The Hall–Kier alpha value is 0.150. The third kappa shape index (κ3) is 2.58. The van der Waals surface area contributed by atoms with Crippen LogP contribution in [0, 0.1) is 0 Å². The van der Waals surface area contributed by atoms with Crippen molar-refractivity contribution in [2.24, 2.45) is 0 Å². The quantitative estimate of drug-likeness (QED) is 0.445. The van der Waals surface area contributed by atoms with Crippen LogP contribution < -0.4 is 5.43 Å². The number of hydrogen-bond acceptors (Lipinski definition) is 6. The number of β-amino-alcohol motifs (C(OH)–C–C–N with tert-alkyl or cyclic N) is 1. The molecule has 2 atom stereocenters. The second-order valence-corrected chi connectivity index (χ2v) is 3.38. The molecule has 0 saturated carbocycles. The predicted octanol–water partition coefficient (Wildman–Crippen LogP) is -2.12. The summed E-state index contributed by atoms with van der Waals surface area (Å²) in [5.74, 6) is 0. The van der Waals surface area contributed by atoms with Crippen LogP contribution in [0.1, 0.15) is 0 Å². The summed E-state index contributed by atoms with van der Waals surface area (Å²) < 4.78 is 0. The molecule has 0 bridgehead atoms. The Morgan fingerprint density at radius 3 is 2.83 bits per heavy atom. The topological polar surface area (TPSA) is 59.0 Å². The molecule has 12 heavy (non-hydrogen) atoms. The van der Waals surface area contributed by atoms with Gasteiger partial charge in [-0.3, -0.25) is 10.3 Å². The average Bonchev–Trinajstić information content (AvgIpc) is 2.30. The smallest absolute Gasteiger partial charge is 0.0897 e. The first-order valence-corrected chi connectivity index (χ1v) is 4.26. The zero-order chi connectivity index (χ0) is 9.14. The average molecular weight is 192 g/mol. The molecule has 0 radical (unpaired) electrons. The molecule has 1 aliphatic rings. The zero-order valence-corrected chi connectivity index (χ0v) is 7.79. The van der Waals surface area contributed by atoms with Gasteiger partial charge in [0.2, 0.25) is 0 Å². The van der Waals surface area contributed by atoms with Gasteiger partial charge in [-0.15, -0.1) is 0 Å². The molecular weight excluding hydrogens is 178 g/mol. The fourth-order valence-electron chi connectivity index (χ4n) is 1.14. The number of hydrogen-bond donors (Lipinski definition) is 3. The van der Waals surface area contributed by atoms with Crippen molar-refractivity contribution in [3.8, 4) is 0 Å². The van der Waals surface area contributed by atoms with Crippen LogP contribution in [0.25, 0.3) is 0 Å². The van der Waals surface area contributed by atoms with E-state index in [-0.39, 0.29) is 12.1 Å². The first-order valence-electron chi connectivity index (χ1n) is 3.79. The summed E-state index contributed by atoms with van der Waals surface area (Å²) in [7, 11) is 1.88. The maximum atomic E-state index is 9.14. The number of nitrogens with one attached hydrogen (secondary N) is 1. The Bertz CT molecular complexity index is 149. The molecule has 0 aromatic heterocycles. The highest BCUT2D eigenvalue weighted by atomic mass is 32.1. The van der Waals surface area contributed by atoms with Crippen LogP contribution in [-0.4, -0.2) is 58.6 Å². The summed E-state index contributed by atoms with van der Waals surface area (Å²) in [6.45, 7) is 0.857. The number of aliphatic hydroxyl groups excluding tert-OH is 2. The fraction of sp³-hybridized carbons (Fsp3) is 1.00. The third-order valence-electron chi connectivity index (χ3n) is 1.71. The van der Waals surface area contributed by atoms with Gasteiger partial charge in [0.05, 0.1) is 19.4 Å². The first kappa shape index (κ1) is 10.2. The van der Waals surface area contributed by atoms with Gasteiger partial charge in [0.1, 0.15) is 0 Å². The highest BCUT2D eigenvalue weighted by Gasteiger charge is 2.20. The van der Waals surface area contributed by atoms with Crippen molar-refractivity contribution >= 4 is 12.6 Å². The second-order valence-electron chi connectivity index (χ2n) is 2.93. The van der Waals surface area contributed by atoms with E-state index in [0.717, 1.165) is 0 Å². The zero-order valence-electron chi connectivity index (χ0n) is 6.97. The van der Waals surface area contributed by atoms with Gasteiger partial charge in [-0.25, -0.2) is 5.01 Å². The van der Waals surface area contributed by atoms with Crippen LogP contribution in [0.5, 0.6) is 0 Å². The second kappa shape index (κ2) is 4.40. The summed E-state index contributed by atoms with van der Waals surface area (Å²) in [5.41, 5.74) is 2.79. The van der Waals surface area contributed by atoms with Crippen LogP contribution in [0.15, 0.2) is 0 Å². The Morgan fingerprint density at radius 1 is 1.75 bits per heavy atom. The van der Waals surface area contributed by atoms with E-state index in [1.54, 1.807) is 0 Å². The van der Waals surface area contributed by atoms with Gasteiger partial charge >= 0.3 is 0 Å². The molecule has 2 unspecified atom stereocenters. The van der Waals surface area contributed by atoms with Crippen molar-refractivity contribution in [3.05, 3.63) is 0 Å². The molecule has 1 rings (SSSR count). The Kier molecular flexibility index (Phi) is 3.76. The lowest BCUT2D eigenvalue weighted by Gasteiger charge is -2.28. The standard InChI is InChI=1S/C6H15N3O2S/c1-8-4-9(6(12)7-8)2-5(11)3-10/h5-7,10-12H,2-4H2,1H3/p-1. The molecule has 0 spiro atoms. The van der Waals surface area contributed by atoms with Crippen LogP contribution in [0.4, 0.5) is 0 Å². The monoisotopic (exact) mass is 192 g/mol. The number of nitrogens with zero attached hydrogens (tertiary/aromatic N) is 2. The molecule has 1 saturated heterocycles. The molecule has 1 aliphatic heterocycles. The molecule has 0 aromatic rings. The van der Waals surface area contributed by atoms with Gasteiger partial charge in [0, 0.05) is 13.6 Å². The van der Waals surface area contributed by atoms with Gasteiger partial charge in [0.25, 0.3) is 0 Å². The molecular formula is C6H14N3O2S-. The Labute approximate surface area is 77.3 Å². The van der Waals surface area contributed by atoms with Crippen molar-refractivity contribution in [1.29, 1.82) is 0 Å². The lowest BCUT2D eigenvalue weighted by Crippen LogP contribution is -2.39. The molecule has 0 aliphatic carbocycles. The number of aliphatic hydroxyl groups is 2. The van der Waals surface area contributed by atoms with E-state index >= 15 is 0 Å². The third-order valence-corrected chi connectivity index (χ3v) is 2.12. The van der Waals surface area contributed by atoms with Gasteiger partial charge < -0.3 is 22.8 Å². The predicted molar refractivity (Wildman–Crippen MR) is 46.7 cm³/mol. The van der Waals surface area contributed by atoms with E-state index in [0.29, 0.717) is 13.2 Å². The summed E-state index contributed by atoms with van der Waals surface area (Å²) in [6.07, 6.45) is -0.705. The maximum absolute atomic E-state index is 9.14. The molecule has 0 amide bonds. The molecule has 1 heterocycles. The summed E-state index contributed by atoms with van der Waals surface area (Å²) in [5, 5.41) is 19.6. The van der Waals surface area contributed by atoms with E-state index in [4.69, 9.17) is 22.8 Å². The van der Waals surface area contributed by atoms with Crippen LogP contribution in [0.3, 0.4) is 0 Å². The van der Waals surface area contributed by atoms with Gasteiger partial charge in [-0.05, 0) is 5.50 Å². The van der Waals surface area contributed by atoms with Gasteiger partial charge in [-0.2, -0.15) is 0 Å². The van der Waals surface area contributed by atoms with Crippen molar-refractivity contribution in [2.75, 3.05) is 26.9 Å². The molecule has 0 aromatic carbocycles. The van der Waals surface area contributed by atoms with Gasteiger partial charge in [0.15, 0.2) is 0 Å². The summed E-state index contributed by atoms with van der Waals surface area (Å²) in [6, 6.07) is 0. The minimum absolute atomic E-state index is 0.184. The largest absolute Gasteiger partial charge is 0.757 e. The fourth-order valence-corrected chi connectivity index (χ4v) is 1.47. The van der Waals surface area contributed by atoms with Gasteiger partial charge in [-0.1, -0.05) is 0 Å². The van der Waals surface area contributed by atoms with Crippen LogP contribution >= 0.6 is 0 Å². The van der Waals surface area contributed by atoms with Crippen molar-refractivity contribution in [1.82, 2.24) is 15.3 Å². The molecule has 3 N–H and O–H groups in total. The number of rotatable bonds is 3. The van der Waals surface area contributed by atoms with Crippen LogP contribution in [0.2, 0.25) is 0 Å². The molecule has 1 fully saturated rings. The summed E-state index contributed by atoms with van der Waals surface area (Å²) in [4.78, 5) is 1.87. The first-order chi connectivity index (χ1) is 5.63. The highest BCUT2D eigenvalue weighted by molar-refractivity contribution is 7.59. The van der Waals surface area contributed by atoms with E-state index < -0.39 is 6.10 Å². The molecule has 6 heteroatoms. The Morgan fingerprint density at radius 2 is 2.42 bits per heavy atom. The minimum Gasteiger partial charge on any atom is -0.757 e. The normalized spacial score (nSPS) is 29.5. The van der Waals surface area contributed by atoms with E-state index in [1.165, 1.54) is 0 Å². The highest BCUT2D eigenvalue weighted by Crippen LogP contribution is 2.04. The SMILES string of the molecule is CN1CN(CC(O)CO)C([S-])N1. The lowest BCUT2D eigenvalue weighted by atomic mass is 10.3. The van der Waals surface area contributed by atoms with E-state index in [2.05, 4.69) is 5.43 Å². The minimum atomic E-state index is -0.705. The molecule has 72 valence electrons.